The lowest BCUT2D eigenvalue weighted by Gasteiger charge is -2.09. The second kappa shape index (κ2) is 11.8. The number of halogens is 2. The van der Waals surface area contributed by atoms with Gasteiger partial charge in [-0.15, -0.1) is 11.3 Å². The van der Waals surface area contributed by atoms with Crippen molar-refractivity contribution in [3.8, 4) is 0 Å². The monoisotopic (exact) mass is 588 g/mol. The molecule has 0 radical (unpaired) electrons. The zero-order valence-corrected chi connectivity index (χ0v) is 22.7. The number of nitrogens with one attached hydrogen (secondary N) is 2. The average molecular weight is 590 g/mol. The molecule has 0 unspecified atom stereocenters. The highest BCUT2D eigenvalue weighted by molar-refractivity contribution is 9.10. The van der Waals surface area contributed by atoms with Gasteiger partial charge in [0.2, 0.25) is 0 Å². The minimum absolute atomic E-state index is 0.294. The second-order valence-corrected chi connectivity index (χ2v) is 10.4. The normalized spacial score (nSPS) is 10.7. The molecule has 0 atom stereocenters. The van der Waals surface area contributed by atoms with Crippen molar-refractivity contribution in [1.29, 1.82) is 0 Å². The minimum Gasteiger partial charge on any atom is -0.462 e. The fourth-order valence-corrected chi connectivity index (χ4v) is 5.25. The Hall–Kier alpha value is -2.72. The number of thiophene rings is 1. The first-order valence-electron chi connectivity index (χ1n) is 10.8. The Kier molecular flexibility index (Phi) is 8.56. The van der Waals surface area contributed by atoms with Crippen LogP contribution in [0.5, 0.6) is 0 Å². The summed E-state index contributed by atoms with van der Waals surface area (Å²) in [7, 11) is 0. The van der Waals surface area contributed by atoms with Crippen LogP contribution in [0.15, 0.2) is 71.3 Å². The Morgan fingerprint density at radius 2 is 1.89 bits per heavy atom. The predicted molar refractivity (Wildman–Crippen MR) is 150 cm³/mol. The number of thiocarbonyl (C=S) groups is 1. The van der Waals surface area contributed by atoms with Gasteiger partial charge in [-0.3, -0.25) is 4.68 Å². The molecule has 4 aromatic rings. The molecule has 0 bridgehead atoms. The quantitative estimate of drug-likeness (QED) is 0.171. The molecule has 10 heteroatoms. The lowest BCUT2D eigenvalue weighted by molar-refractivity contribution is 0.0528. The third-order valence-corrected chi connectivity index (χ3v) is 7.02. The summed E-state index contributed by atoms with van der Waals surface area (Å²) < 4.78 is 7.81. The van der Waals surface area contributed by atoms with Crippen LogP contribution in [0.2, 0.25) is 5.02 Å². The Balaban J connectivity index is 1.47. The SMILES string of the molecule is CCOC(=O)c1cc(Cc2ccccc2)sc1NC(=S)Nc1nn(Cc2ccc(Cl)cc2)cc1Br. The molecular weight excluding hydrogens is 568 g/mol. The fourth-order valence-electron chi connectivity index (χ4n) is 3.36. The topological polar surface area (TPSA) is 68.2 Å². The van der Waals surface area contributed by atoms with Gasteiger partial charge in [0.1, 0.15) is 5.00 Å². The van der Waals surface area contributed by atoms with E-state index >= 15 is 0 Å². The maximum Gasteiger partial charge on any atom is 0.341 e. The molecule has 0 saturated heterocycles. The number of hydrogen-bond donors (Lipinski definition) is 2. The Labute approximate surface area is 226 Å². The van der Waals surface area contributed by atoms with E-state index < -0.39 is 0 Å². The molecule has 4 rings (SSSR count). The van der Waals surface area contributed by atoms with E-state index in [0.717, 1.165) is 20.5 Å². The molecule has 0 fully saturated rings. The van der Waals surface area contributed by atoms with Crippen molar-refractivity contribution in [3.05, 3.63) is 97.9 Å². The van der Waals surface area contributed by atoms with Crippen LogP contribution in [0.1, 0.15) is 33.3 Å². The van der Waals surface area contributed by atoms with Crippen LogP contribution in [0.25, 0.3) is 0 Å². The maximum atomic E-state index is 12.6. The molecule has 2 heterocycles. The molecule has 0 saturated carbocycles. The highest BCUT2D eigenvalue weighted by atomic mass is 79.9. The van der Waals surface area contributed by atoms with Gasteiger partial charge in [0.15, 0.2) is 10.9 Å². The van der Waals surface area contributed by atoms with Gasteiger partial charge in [-0.25, -0.2) is 4.79 Å². The standard InChI is InChI=1S/C25H22BrClN4O2S2/c1-2-33-24(32)20-13-19(12-16-6-4-3-5-7-16)35-23(20)29-25(34)28-22-21(26)15-31(30-22)14-17-8-10-18(27)11-9-17/h3-11,13,15H,2,12,14H2,1H3,(H2,28,29,30,34). The zero-order valence-electron chi connectivity index (χ0n) is 18.8. The summed E-state index contributed by atoms with van der Waals surface area (Å²) in [5.41, 5.74) is 2.69. The van der Waals surface area contributed by atoms with Crippen molar-refractivity contribution in [1.82, 2.24) is 9.78 Å². The summed E-state index contributed by atoms with van der Waals surface area (Å²) in [6, 6.07) is 19.6. The number of carbonyl (C=O) groups is 1. The van der Waals surface area contributed by atoms with E-state index in [1.165, 1.54) is 11.3 Å². The van der Waals surface area contributed by atoms with Gasteiger partial charge in [-0.05, 0) is 64.4 Å². The van der Waals surface area contributed by atoms with E-state index in [1.807, 2.05) is 54.7 Å². The Morgan fingerprint density at radius 3 is 2.60 bits per heavy atom. The molecule has 2 aromatic heterocycles. The molecule has 0 spiro atoms. The summed E-state index contributed by atoms with van der Waals surface area (Å²) in [5, 5.41) is 12.5. The van der Waals surface area contributed by atoms with Crippen molar-refractivity contribution in [2.24, 2.45) is 0 Å². The van der Waals surface area contributed by atoms with Crippen LogP contribution in [-0.2, 0) is 17.7 Å². The van der Waals surface area contributed by atoms with Crippen molar-refractivity contribution >= 4 is 73.0 Å². The van der Waals surface area contributed by atoms with Gasteiger partial charge in [0, 0.05) is 22.5 Å². The fraction of sp³-hybridized carbons (Fsp3) is 0.160. The number of hydrogen-bond acceptors (Lipinski definition) is 5. The average Bonchev–Trinajstić information content (AvgIpc) is 3.38. The molecule has 0 amide bonds. The number of benzene rings is 2. The van der Waals surface area contributed by atoms with E-state index in [9.17, 15) is 4.79 Å². The van der Waals surface area contributed by atoms with E-state index in [1.54, 1.807) is 11.6 Å². The molecule has 35 heavy (non-hydrogen) atoms. The van der Waals surface area contributed by atoms with Crippen LogP contribution in [0.3, 0.4) is 0 Å². The lowest BCUT2D eigenvalue weighted by atomic mass is 10.1. The van der Waals surface area contributed by atoms with Gasteiger partial charge in [-0.2, -0.15) is 5.10 Å². The molecule has 2 aromatic carbocycles. The second-order valence-electron chi connectivity index (χ2n) is 7.57. The van der Waals surface area contributed by atoms with E-state index in [2.05, 4.69) is 43.8 Å². The summed E-state index contributed by atoms with van der Waals surface area (Å²) in [4.78, 5) is 13.6. The van der Waals surface area contributed by atoms with Crippen LogP contribution in [0.4, 0.5) is 10.8 Å². The summed E-state index contributed by atoms with van der Waals surface area (Å²) in [6.45, 7) is 2.66. The first-order chi connectivity index (χ1) is 16.9. The number of anilines is 2. The number of rotatable bonds is 8. The lowest BCUT2D eigenvalue weighted by Crippen LogP contribution is -2.20. The smallest absolute Gasteiger partial charge is 0.341 e. The molecule has 0 aliphatic rings. The molecule has 0 aliphatic carbocycles. The van der Waals surface area contributed by atoms with Crippen molar-refractivity contribution in [2.75, 3.05) is 17.2 Å². The summed E-state index contributed by atoms with van der Waals surface area (Å²) in [5.74, 6) is 0.178. The predicted octanol–water partition coefficient (Wildman–Crippen LogP) is 6.99. The van der Waals surface area contributed by atoms with Gasteiger partial charge in [0.25, 0.3) is 0 Å². The van der Waals surface area contributed by atoms with E-state index in [4.69, 9.17) is 28.6 Å². The van der Waals surface area contributed by atoms with Crippen LogP contribution < -0.4 is 10.6 Å². The number of carbonyl (C=O) groups excluding carboxylic acids is 1. The number of ether oxygens (including phenoxy) is 1. The highest BCUT2D eigenvalue weighted by Crippen LogP contribution is 2.31. The molecule has 6 nitrogen and oxygen atoms in total. The maximum absolute atomic E-state index is 12.6. The Bertz CT molecular complexity index is 1320. The van der Waals surface area contributed by atoms with Gasteiger partial charge in [-0.1, -0.05) is 54.1 Å². The van der Waals surface area contributed by atoms with Crippen LogP contribution >= 0.6 is 51.1 Å². The largest absolute Gasteiger partial charge is 0.462 e. The summed E-state index contributed by atoms with van der Waals surface area (Å²) >= 11 is 16.5. The first kappa shape index (κ1) is 25.4. The molecular formula is C25H22BrClN4O2S2. The number of aromatic nitrogens is 2. The van der Waals surface area contributed by atoms with Crippen LogP contribution in [-0.4, -0.2) is 27.5 Å². The number of nitrogens with zero attached hydrogens (tertiary/aromatic N) is 2. The number of esters is 1. The van der Waals surface area contributed by atoms with E-state index in [0.29, 0.717) is 46.1 Å². The van der Waals surface area contributed by atoms with E-state index in [-0.39, 0.29) is 5.97 Å². The van der Waals surface area contributed by atoms with Gasteiger partial charge < -0.3 is 15.4 Å². The summed E-state index contributed by atoms with van der Waals surface area (Å²) in [6.07, 6.45) is 2.58. The third-order valence-electron chi connectivity index (χ3n) is 4.93. The molecule has 0 aliphatic heterocycles. The van der Waals surface area contributed by atoms with Crippen molar-refractivity contribution in [3.63, 3.8) is 0 Å². The minimum atomic E-state index is -0.387. The zero-order chi connectivity index (χ0) is 24.8. The molecule has 2 N–H and O–H groups in total. The van der Waals surface area contributed by atoms with Crippen LogP contribution in [0, 0.1) is 0 Å². The Morgan fingerprint density at radius 1 is 1.14 bits per heavy atom. The van der Waals surface area contributed by atoms with Gasteiger partial charge >= 0.3 is 5.97 Å². The van der Waals surface area contributed by atoms with Crippen molar-refractivity contribution in [2.45, 2.75) is 19.9 Å². The van der Waals surface area contributed by atoms with Crippen molar-refractivity contribution < 1.29 is 9.53 Å². The molecule has 180 valence electrons. The third kappa shape index (κ3) is 6.91. The highest BCUT2D eigenvalue weighted by Gasteiger charge is 2.19. The van der Waals surface area contributed by atoms with Gasteiger partial charge in [0.05, 0.1) is 23.2 Å². The first-order valence-corrected chi connectivity index (χ1v) is 13.2.